The van der Waals surface area contributed by atoms with Crippen LogP contribution in [0.5, 0.6) is 0 Å². The molecule has 0 aliphatic carbocycles. The Hall–Kier alpha value is -2.38. The van der Waals surface area contributed by atoms with Gasteiger partial charge in [-0.1, -0.05) is 18.2 Å². The third kappa shape index (κ3) is 3.74. The van der Waals surface area contributed by atoms with Crippen LogP contribution in [0.3, 0.4) is 0 Å². The zero-order valence-electron chi connectivity index (χ0n) is 12.9. The van der Waals surface area contributed by atoms with Gasteiger partial charge in [0.2, 0.25) is 5.91 Å². The third-order valence-electron chi connectivity index (χ3n) is 3.35. The van der Waals surface area contributed by atoms with E-state index in [-0.39, 0.29) is 18.0 Å². The second kappa shape index (κ2) is 7.46. The van der Waals surface area contributed by atoms with Gasteiger partial charge in [-0.05, 0) is 29.8 Å². The summed E-state index contributed by atoms with van der Waals surface area (Å²) in [5.41, 5.74) is 1.12. The van der Waals surface area contributed by atoms with Crippen molar-refractivity contribution in [2.75, 3.05) is 11.6 Å². The minimum Gasteiger partial charge on any atom is -0.324 e. The fourth-order valence-corrected chi connectivity index (χ4v) is 3.44. The molecule has 2 aromatic heterocycles. The second-order valence-corrected chi connectivity index (χ2v) is 6.76. The van der Waals surface area contributed by atoms with Gasteiger partial charge in [-0.2, -0.15) is 0 Å². The van der Waals surface area contributed by atoms with E-state index in [9.17, 15) is 9.59 Å². The quantitative estimate of drug-likeness (QED) is 0.712. The van der Waals surface area contributed by atoms with Crippen molar-refractivity contribution in [1.82, 2.24) is 9.55 Å². The Kier molecular flexibility index (Phi) is 5.12. The fourth-order valence-electron chi connectivity index (χ4n) is 2.20. The molecule has 0 unspecified atom stereocenters. The number of thiophene rings is 1. The number of carbonyl (C=O) groups excluding carboxylic acids is 1. The van der Waals surface area contributed by atoms with Crippen LogP contribution < -0.4 is 10.9 Å². The molecule has 24 heavy (non-hydrogen) atoms. The maximum absolute atomic E-state index is 12.2. The lowest BCUT2D eigenvalue weighted by atomic mass is 10.3. The maximum Gasteiger partial charge on any atom is 0.254 e. The Balaban J connectivity index is 1.74. The minimum atomic E-state index is -0.260. The molecule has 122 valence electrons. The number of benzene rings is 1. The van der Waals surface area contributed by atoms with E-state index in [2.05, 4.69) is 10.3 Å². The highest BCUT2D eigenvalue weighted by Gasteiger charge is 2.09. The lowest BCUT2D eigenvalue weighted by Crippen LogP contribution is -2.27. The van der Waals surface area contributed by atoms with Crippen molar-refractivity contribution in [2.45, 2.75) is 11.4 Å². The molecule has 0 aliphatic heterocycles. The van der Waals surface area contributed by atoms with E-state index in [1.165, 1.54) is 28.3 Å². The molecule has 1 amide bonds. The number of aromatic nitrogens is 2. The monoisotopic (exact) mass is 357 g/mol. The summed E-state index contributed by atoms with van der Waals surface area (Å²) < 4.78 is 1.30. The summed E-state index contributed by atoms with van der Waals surface area (Å²) in [6.07, 6.45) is 3.36. The fraction of sp³-hybridized carbons (Fsp3) is 0.118. The minimum absolute atomic E-state index is 0.0702. The van der Waals surface area contributed by atoms with Gasteiger partial charge in [0.05, 0.1) is 22.6 Å². The molecule has 3 aromatic rings. The highest BCUT2D eigenvalue weighted by atomic mass is 32.2. The molecule has 7 heteroatoms. The molecule has 2 heterocycles. The standard InChI is InChI=1S/C17H15N3O2S2/c1-23-14-6-3-2-5-12(14)19-16(21)10-20-11-18-13(9-17(20)22)15-7-4-8-24-15/h2-9,11H,10H2,1H3,(H,19,21). The van der Waals surface area contributed by atoms with Crippen molar-refractivity contribution in [3.63, 3.8) is 0 Å². The van der Waals surface area contributed by atoms with Gasteiger partial charge in [-0.25, -0.2) is 4.98 Å². The number of anilines is 1. The number of para-hydroxylation sites is 1. The van der Waals surface area contributed by atoms with Crippen molar-refractivity contribution in [3.8, 4) is 10.6 Å². The zero-order chi connectivity index (χ0) is 16.9. The molecule has 3 rings (SSSR count). The van der Waals surface area contributed by atoms with Crippen molar-refractivity contribution in [3.05, 3.63) is 64.5 Å². The first kappa shape index (κ1) is 16.5. The van der Waals surface area contributed by atoms with Gasteiger partial charge in [0.15, 0.2) is 0 Å². The topological polar surface area (TPSA) is 64.0 Å². The highest BCUT2D eigenvalue weighted by Crippen LogP contribution is 2.24. The van der Waals surface area contributed by atoms with E-state index < -0.39 is 0 Å². The summed E-state index contributed by atoms with van der Waals surface area (Å²) in [7, 11) is 0. The number of rotatable bonds is 5. The summed E-state index contributed by atoms with van der Waals surface area (Å²) in [5, 5.41) is 4.76. The van der Waals surface area contributed by atoms with Crippen molar-refractivity contribution >= 4 is 34.7 Å². The highest BCUT2D eigenvalue weighted by molar-refractivity contribution is 7.98. The zero-order valence-corrected chi connectivity index (χ0v) is 14.6. The van der Waals surface area contributed by atoms with Gasteiger partial charge in [0.25, 0.3) is 5.56 Å². The maximum atomic E-state index is 12.2. The Bertz CT molecular complexity index is 904. The van der Waals surface area contributed by atoms with Crippen LogP contribution in [-0.2, 0) is 11.3 Å². The third-order valence-corrected chi connectivity index (χ3v) is 5.04. The van der Waals surface area contributed by atoms with E-state index in [0.29, 0.717) is 5.69 Å². The molecule has 0 bridgehead atoms. The molecule has 5 nitrogen and oxygen atoms in total. The van der Waals surface area contributed by atoms with Crippen LogP contribution in [0.25, 0.3) is 10.6 Å². The molecule has 0 atom stereocenters. The van der Waals surface area contributed by atoms with Gasteiger partial charge in [-0.3, -0.25) is 14.2 Å². The molecule has 0 saturated carbocycles. The van der Waals surface area contributed by atoms with Crippen LogP contribution >= 0.6 is 23.1 Å². The van der Waals surface area contributed by atoms with E-state index >= 15 is 0 Å². The first-order valence-electron chi connectivity index (χ1n) is 7.20. The normalized spacial score (nSPS) is 10.5. The molecule has 0 radical (unpaired) electrons. The van der Waals surface area contributed by atoms with Crippen LogP contribution in [0.1, 0.15) is 0 Å². The number of hydrogen-bond donors (Lipinski definition) is 1. The van der Waals surface area contributed by atoms with Crippen LogP contribution in [0.15, 0.2) is 63.9 Å². The summed E-state index contributed by atoms with van der Waals surface area (Å²) in [6, 6.07) is 12.8. The summed E-state index contributed by atoms with van der Waals surface area (Å²) in [6.45, 7) is -0.0702. The number of hydrogen-bond acceptors (Lipinski definition) is 5. The van der Waals surface area contributed by atoms with Crippen molar-refractivity contribution in [2.24, 2.45) is 0 Å². The molecule has 1 aromatic carbocycles. The summed E-state index contributed by atoms with van der Waals surface area (Å²) in [4.78, 5) is 30.6. The lowest BCUT2D eigenvalue weighted by molar-refractivity contribution is -0.116. The smallest absolute Gasteiger partial charge is 0.254 e. The molecule has 0 saturated heterocycles. The first-order chi connectivity index (χ1) is 11.7. The van der Waals surface area contributed by atoms with Crippen molar-refractivity contribution < 1.29 is 4.79 Å². The molecular formula is C17H15N3O2S2. The van der Waals surface area contributed by atoms with Crippen LogP contribution in [0.2, 0.25) is 0 Å². The van der Waals surface area contributed by atoms with Gasteiger partial charge in [0, 0.05) is 11.0 Å². The van der Waals surface area contributed by atoms with Gasteiger partial charge in [0.1, 0.15) is 6.54 Å². The van der Waals surface area contributed by atoms with Gasteiger partial charge >= 0.3 is 0 Å². The molecule has 0 spiro atoms. The Morgan fingerprint density at radius 2 is 2.12 bits per heavy atom. The second-order valence-electron chi connectivity index (χ2n) is 4.97. The Morgan fingerprint density at radius 3 is 2.83 bits per heavy atom. The van der Waals surface area contributed by atoms with Crippen LogP contribution in [-0.4, -0.2) is 21.7 Å². The molecule has 0 fully saturated rings. The SMILES string of the molecule is CSc1ccccc1NC(=O)Cn1cnc(-c2cccs2)cc1=O. The van der Waals surface area contributed by atoms with Gasteiger partial charge in [-0.15, -0.1) is 23.1 Å². The van der Waals surface area contributed by atoms with Gasteiger partial charge < -0.3 is 5.32 Å². The first-order valence-corrected chi connectivity index (χ1v) is 9.31. The summed E-state index contributed by atoms with van der Waals surface area (Å²) >= 11 is 3.07. The lowest BCUT2D eigenvalue weighted by Gasteiger charge is -2.10. The van der Waals surface area contributed by atoms with E-state index in [4.69, 9.17) is 0 Å². The number of nitrogens with one attached hydrogen (secondary N) is 1. The number of carbonyl (C=O) groups is 1. The summed E-state index contributed by atoms with van der Waals surface area (Å²) in [5.74, 6) is -0.260. The predicted molar refractivity (Wildman–Crippen MR) is 98.7 cm³/mol. The average molecular weight is 357 g/mol. The molecule has 1 N–H and O–H groups in total. The Morgan fingerprint density at radius 1 is 1.29 bits per heavy atom. The van der Waals surface area contributed by atoms with E-state index in [1.807, 2.05) is 48.0 Å². The number of amides is 1. The predicted octanol–water partition coefficient (Wildman–Crippen LogP) is 3.33. The Labute approximate surface area is 147 Å². The largest absolute Gasteiger partial charge is 0.324 e. The van der Waals surface area contributed by atoms with E-state index in [1.54, 1.807) is 11.8 Å². The number of nitrogens with zero attached hydrogens (tertiary/aromatic N) is 2. The van der Waals surface area contributed by atoms with E-state index in [0.717, 1.165) is 15.5 Å². The van der Waals surface area contributed by atoms with Crippen LogP contribution in [0, 0.1) is 0 Å². The molecular weight excluding hydrogens is 342 g/mol. The number of thioether (sulfide) groups is 1. The van der Waals surface area contributed by atoms with Crippen molar-refractivity contribution in [1.29, 1.82) is 0 Å². The van der Waals surface area contributed by atoms with Crippen LogP contribution in [0.4, 0.5) is 5.69 Å². The average Bonchev–Trinajstić information content (AvgIpc) is 3.12. The molecule has 0 aliphatic rings.